The minimum absolute atomic E-state index is 0.284. The molecule has 1 heterocycles. The van der Waals surface area contributed by atoms with Gasteiger partial charge in [0.25, 0.3) is 5.91 Å². The monoisotopic (exact) mass is 366 g/mol. The normalized spacial score (nSPS) is 11.0. The standard InChI is InChI=1S/C20H19ClN4O/c1-13-11-16(14(2)25(13)19-9-5-17(21)6-10-19)12-23-24-20(26)15-3-7-18(22)8-4-15/h3-12H,22H2,1-2H3,(H,24,26)/b23-12-. The summed E-state index contributed by atoms with van der Waals surface area (Å²) in [6, 6.07) is 16.3. The van der Waals surface area contributed by atoms with Crippen LogP contribution in [0.25, 0.3) is 5.69 Å². The van der Waals surface area contributed by atoms with Crippen LogP contribution in [0.1, 0.15) is 27.3 Å². The highest BCUT2D eigenvalue weighted by Crippen LogP contribution is 2.21. The van der Waals surface area contributed by atoms with Gasteiger partial charge in [-0.2, -0.15) is 5.10 Å². The van der Waals surface area contributed by atoms with E-state index in [0.717, 1.165) is 22.6 Å². The van der Waals surface area contributed by atoms with Gasteiger partial charge in [-0.15, -0.1) is 0 Å². The Hall–Kier alpha value is -3.05. The van der Waals surface area contributed by atoms with E-state index in [2.05, 4.69) is 15.1 Å². The number of carbonyl (C=O) groups is 1. The molecule has 1 aromatic heterocycles. The molecule has 0 saturated heterocycles. The summed E-state index contributed by atoms with van der Waals surface area (Å²) in [5, 5.41) is 4.77. The minimum Gasteiger partial charge on any atom is -0.399 e. The molecule has 3 rings (SSSR count). The first-order valence-corrected chi connectivity index (χ1v) is 8.47. The van der Waals surface area contributed by atoms with Crippen LogP contribution in [0.15, 0.2) is 59.7 Å². The number of hydrogen-bond acceptors (Lipinski definition) is 3. The van der Waals surface area contributed by atoms with E-state index < -0.39 is 0 Å². The van der Waals surface area contributed by atoms with Crippen LogP contribution < -0.4 is 11.2 Å². The molecule has 0 aliphatic rings. The molecule has 3 aromatic rings. The molecule has 26 heavy (non-hydrogen) atoms. The van der Waals surface area contributed by atoms with Gasteiger partial charge in [-0.1, -0.05) is 11.6 Å². The molecule has 0 aliphatic carbocycles. The lowest BCUT2D eigenvalue weighted by Gasteiger charge is -2.09. The van der Waals surface area contributed by atoms with Crippen LogP contribution >= 0.6 is 11.6 Å². The molecule has 0 fully saturated rings. The Kier molecular flexibility index (Phi) is 5.09. The van der Waals surface area contributed by atoms with E-state index in [0.29, 0.717) is 16.3 Å². The molecule has 0 bridgehead atoms. The first kappa shape index (κ1) is 17.8. The molecular formula is C20H19ClN4O. The molecule has 0 unspecified atom stereocenters. The van der Waals surface area contributed by atoms with Crippen LogP contribution in [-0.2, 0) is 0 Å². The molecule has 3 N–H and O–H groups in total. The van der Waals surface area contributed by atoms with E-state index in [1.54, 1.807) is 30.5 Å². The summed E-state index contributed by atoms with van der Waals surface area (Å²) >= 11 is 5.96. The first-order valence-electron chi connectivity index (χ1n) is 8.09. The van der Waals surface area contributed by atoms with Gasteiger partial charge in [-0.05, 0) is 68.4 Å². The van der Waals surface area contributed by atoms with E-state index in [1.807, 2.05) is 44.2 Å². The van der Waals surface area contributed by atoms with Crippen LogP contribution in [0.4, 0.5) is 5.69 Å². The third-order valence-corrected chi connectivity index (χ3v) is 4.35. The highest BCUT2D eigenvalue weighted by molar-refractivity contribution is 6.30. The number of aryl methyl sites for hydroxylation is 1. The third kappa shape index (κ3) is 3.78. The van der Waals surface area contributed by atoms with Gasteiger partial charge in [0.05, 0.1) is 6.21 Å². The van der Waals surface area contributed by atoms with Crippen molar-refractivity contribution < 1.29 is 4.79 Å². The maximum atomic E-state index is 12.1. The molecule has 2 aromatic carbocycles. The number of carbonyl (C=O) groups excluding carboxylic acids is 1. The Morgan fingerprint density at radius 1 is 1.12 bits per heavy atom. The predicted molar refractivity (Wildman–Crippen MR) is 106 cm³/mol. The lowest BCUT2D eigenvalue weighted by Crippen LogP contribution is -2.17. The fourth-order valence-corrected chi connectivity index (χ4v) is 2.89. The number of nitrogens with zero attached hydrogens (tertiary/aromatic N) is 2. The summed E-state index contributed by atoms with van der Waals surface area (Å²) in [5.74, 6) is -0.284. The summed E-state index contributed by atoms with van der Waals surface area (Å²) < 4.78 is 2.11. The molecule has 0 saturated carbocycles. The quantitative estimate of drug-likeness (QED) is 0.414. The summed E-state index contributed by atoms with van der Waals surface area (Å²) in [7, 11) is 0. The number of anilines is 1. The number of amides is 1. The molecule has 0 atom stereocenters. The van der Waals surface area contributed by atoms with Gasteiger partial charge in [0.2, 0.25) is 0 Å². The van der Waals surface area contributed by atoms with Crippen molar-refractivity contribution in [1.82, 2.24) is 9.99 Å². The topological polar surface area (TPSA) is 72.4 Å². The van der Waals surface area contributed by atoms with Crippen LogP contribution in [-0.4, -0.2) is 16.7 Å². The Labute approximate surface area is 157 Å². The van der Waals surface area contributed by atoms with Crippen LogP contribution in [0.3, 0.4) is 0 Å². The highest BCUT2D eigenvalue weighted by atomic mass is 35.5. The zero-order chi connectivity index (χ0) is 18.7. The number of rotatable bonds is 4. The van der Waals surface area contributed by atoms with Crippen molar-refractivity contribution >= 4 is 29.4 Å². The van der Waals surface area contributed by atoms with Gasteiger partial charge in [0.15, 0.2) is 0 Å². The number of benzene rings is 2. The number of nitrogens with one attached hydrogen (secondary N) is 1. The molecule has 0 spiro atoms. The number of nitrogens with two attached hydrogens (primary N) is 1. The number of halogens is 1. The van der Waals surface area contributed by atoms with E-state index in [-0.39, 0.29) is 5.91 Å². The average molecular weight is 367 g/mol. The second kappa shape index (κ2) is 7.45. The van der Waals surface area contributed by atoms with Crippen molar-refractivity contribution in [3.8, 4) is 5.69 Å². The van der Waals surface area contributed by atoms with Gasteiger partial charge < -0.3 is 10.3 Å². The SMILES string of the molecule is Cc1cc(/C=N\NC(=O)c2ccc(N)cc2)c(C)n1-c1ccc(Cl)cc1. The predicted octanol–water partition coefficient (Wildman–Crippen LogP) is 4.09. The van der Waals surface area contributed by atoms with Gasteiger partial charge in [0, 0.05) is 38.9 Å². The number of nitrogen functional groups attached to an aromatic ring is 1. The second-order valence-electron chi connectivity index (χ2n) is 5.96. The molecule has 132 valence electrons. The van der Waals surface area contributed by atoms with Crippen molar-refractivity contribution in [2.24, 2.45) is 5.10 Å². The summed E-state index contributed by atoms with van der Waals surface area (Å²) in [5.41, 5.74) is 13.3. The van der Waals surface area contributed by atoms with Crippen molar-refractivity contribution in [2.75, 3.05) is 5.73 Å². The zero-order valence-corrected chi connectivity index (χ0v) is 15.3. The van der Waals surface area contributed by atoms with E-state index >= 15 is 0 Å². The second-order valence-corrected chi connectivity index (χ2v) is 6.40. The minimum atomic E-state index is -0.284. The molecule has 5 nitrogen and oxygen atoms in total. The van der Waals surface area contributed by atoms with Gasteiger partial charge in [-0.25, -0.2) is 5.43 Å². The van der Waals surface area contributed by atoms with Crippen molar-refractivity contribution in [1.29, 1.82) is 0 Å². The fraction of sp³-hybridized carbons (Fsp3) is 0.100. The molecule has 0 radical (unpaired) electrons. The summed E-state index contributed by atoms with van der Waals surface area (Å²) in [4.78, 5) is 12.1. The van der Waals surface area contributed by atoms with Crippen molar-refractivity contribution in [2.45, 2.75) is 13.8 Å². The Balaban J connectivity index is 1.77. The summed E-state index contributed by atoms with van der Waals surface area (Å²) in [6.07, 6.45) is 1.64. The van der Waals surface area contributed by atoms with E-state index in [9.17, 15) is 4.79 Å². The lowest BCUT2D eigenvalue weighted by molar-refractivity contribution is 0.0955. The molecule has 0 aliphatic heterocycles. The first-order chi connectivity index (χ1) is 12.5. The average Bonchev–Trinajstić information content (AvgIpc) is 2.90. The molecule has 6 heteroatoms. The third-order valence-electron chi connectivity index (χ3n) is 4.10. The van der Waals surface area contributed by atoms with Gasteiger partial charge in [-0.3, -0.25) is 4.79 Å². The van der Waals surface area contributed by atoms with Gasteiger partial charge >= 0.3 is 0 Å². The van der Waals surface area contributed by atoms with Crippen LogP contribution in [0.5, 0.6) is 0 Å². The highest BCUT2D eigenvalue weighted by Gasteiger charge is 2.09. The molecule has 1 amide bonds. The fourth-order valence-electron chi connectivity index (χ4n) is 2.77. The number of aromatic nitrogens is 1. The number of hydrogen-bond donors (Lipinski definition) is 2. The molecular weight excluding hydrogens is 348 g/mol. The van der Waals surface area contributed by atoms with E-state index in [4.69, 9.17) is 17.3 Å². The maximum Gasteiger partial charge on any atom is 0.271 e. The number of hydrazone groups is 1. The summed E-state index contributed by atoms with van der Waals surface area (Å²) in [6.45, 7) is 4.02. The Bertz CT molecular complexity index is 957. The van der Waals surface area contributed by atoms with Crippen molar-refractivity contribution in [3.05, 3.63) is 82.1 Å². The van der Waals surface area contributed by atoms with Gasteiger partial charge in [0.1, 0.15) is 0 Å². The van der Waals surface area contributed by atoms with Crippen LogP contribution in [0.2, 0.25) is 5.02 Å². The Morgan fingerprint density at radius 3 is 2.42 bits per heavy atom. The van der Waals surface area contributed by atoms with E-state index in [1.165, 1.54) is 0 Å². The maximum absolute atomic E-state index is 12.1. The van der Waals surface area contributed by atoms with Crippen LogP contribution in [0, 0.1) is 13.8 Å². The smallest absolute Gasteiger partial charge is 0.271 e. The largest absolute Gasteiger partial charge is 0.399 e. The van der Waals surface area contributed by atoms with Crippen molar-refractivity contribution in [3.63, 3.8) is 0 Å². The lowest BCUT2D eigenvalue weighted by atomic mass is 10.2. The Morgan fingerprint density at radius 2 is 1.77 bits per heavy atom. The zero-order valence-electron chi connectivity index (χ0n) is 14.5.